The molecule has 0 bridgehead atoms. The van der Waals surface area contributed by atoms with Crippen LogP contribution in [0.2, 0.25) is 0 Å². The van der Waals surface area contributed by atoms with Gasteiger partial charge in [-0.15, -0.1) is 0 Å². The first-order chi connectivity index (χ1) is 21.8. The third-order valence-corrected chi connectivity index (χ3v) is 9.05. The van der Waals surface area contributed by atoms with Gasteiger partial charge in [-0.3, -0.25) is 9.59 Å². The molecule has 250 valence electrons. The number of hydrogen-bond donors (Lipinski definition) is 3. The van der Waals surface area contributed by atoms with Gasteiger partial charge in [0.1, 0.15) is 35.1 Å². The Morgan fingerprint density at radius 2 is 1.93 bits per heavy atom. The number of nitrogens with zero attached hydrogens (tertiary/aromatic N) is 2. The molecular formula is C33H43FN4O8. The average Bonchev–Trinajstić information content (AvgIpc) is 3.52. The van der Waals surface area contributed by atoms with Gasteiger partial charge in [0.05, 0.1) is 6.54 Å². The van der Waals surface area contributed by atoms with Crippen LogP contribution in [0.1, 0.15) is 76.8 Å². The zero-order chi connectivity index (χ0) is 33.2. The topological polar surface area (TPSA) is 155 Å². The third-order valence-electron chi connectivity index (χ3n) is 9.05. The number of aliphatic carboxylic acids is 1. The van der Waals surface area contributed by atoms with Crippen LogP contribution in [0, 0.1) is 11.7 Å². The number of rotatable bonds is 3. The summed E-state index contributed by atoms with van der Waals surface area (Å²) in [6.07, 6.45) is 5.13. The van der Waals surface area contributed by atoms with E-state index in [0.29, 0.717) is 30.4 Å². The van der Waals surface area contributed by atoms with Crippen LogP contribution in [-0.4, -0.2) is 87.3 Å². The van der Waals surface area contributed by atoms with Crippen molar-refractivity contribution in [3.63, 3.8) is 0 Å². The highest BCUT2D eigenvalue weighted by molar-refractivity contribution is 5.96. The number of carboxylic acid groups (broad SMARTS) is 1. The van der Waals surface area contributed by atoms with E-state index in [1.807, 2.05) is 12.2 Å². The predicted octanol–water partition coefficient (Wildman–Crippen LogP) is 3.66. The minimum atomic E-state index is -1.48. The van der Waals surface area contributed by atoms with Gasteiger partial charge in [0, 0.05) is 25.4 Å². The lowest BCUT2D eigenvalue weighted by Gasteiger charge is -2.30. The second kappa shape index (κ2) is 13.3. The molecule has 3 N–H and O–H groups in total. The molecular weight excluding hydrogens is 599 g/mol. The van der Waals surface area contributed by atoms with E-state index >= 15 is 0 Å². The lowest BCUT2D eigenvalue weighted by Crippen LogP contribution is -2.56. The maximum absolute atomic E-state index is 14.2. The molecule has 12 nitrogen and oxygen atoms in total. The fourth-order valence-corrected chi connectivity index (χ4v) is 6.53. The first kappa shape index (κ1) is 33.2. The zero-order valence-corrected chi connectivity index (χ0v) is 26.6. The molecule has 2 fully saturated rings. The van der Waals surface area contributed by atoms with Crippen molar-refractivity contribution in [1.82, 2.24) is 20.4 Å². The van der Waals surface area contributed by atoms with Gasteiger partial charge in [0.25, 0.3) is 0 Å². The maximum atomic E-state index is 14.2. The summed E-state index contributed by atoms with van der Waals surface area (Å²) >= 11 is 0. The monoisotopic (exact) mass is 642 g/mol. The number of amides is 4. The van der Waals surface area contributed by atoms with Crippen molar-refractivity contribution in [1.29, 1.82) is 0 Å². The van der Waals surface area contributed by atoms with Gasteiger partial charge in [-0.1, -0.05) is 37.1 Å². The van der Waals surface area contributed by atoms with E-state index in [4.69, 9.17) is 9.47 Å². The van der Waals surface area contributed by atoms with Gasteiger partial charge in [0.15, 0.2) is 0 Å². The van der Waals surface area contributed by atoms with E-state index in [-0.39, 0.29) is 44.2 Å². The van der Waals surface area contributed by atoms with Crippen LogP contribution in [-0.2, 0) is 36.8 Å². The minimum absolute atomic E-state index is 0.0578. The number of alkyl carbamates (subject to hydrolysis) is 1. The van der Waals surface area contributed by atoms with Crippen LogP contribution in [0.25, 0.3) is 0 Å². The molecule has 1 aromatic carbocycles. The Bertz CT molecular complexity index is 1410. The summed E-state index contributed by atoms with van der Waals surface area (Å²) in [7, 11) is 0. The first-order valence-electron chi connectivity index (χ1n) is 16.0. The maximum Gasteiger partial charge on any atom is 0.410 e. The molecule has 3 aliphatic heterocycles. The number of halogens is 1. The fourth-order valence-electron chi connectivity index (χ4n) is 6.53. The van der Waals surface area contributed by atoms with E-state index in [1.165, 1.54) is 15.9 Å². The predicted molar refractivity (Wildman–Crippen MR) is 163 cm³/mol. The minimum Gasteiger partial charge on any atom is -0.479 e. The van der Waals surface area contributed by atoms with Gasteiger partial charge < -0.3 is 35.0 Å². The van der Waals surface area contributed by atoms with E-state index in [2.05, 4.69) is 10.6 Å². The Morgan fingerprint density at radius 1 is 1.15 bits per heavy atom. The van der Waals surface area contributed by atoms with E-state index in [0.717, 1.165) is 19.3 Å². The number of carbonyl (C=O) groups is 5. The summed E-state index contributed by atoms with van der Waals surface area (Å²) in [5.74, 6) is -3.08. The van der Waals surface area contributed by atoms with E-state index in [9.17, 15) is 33.5 Å². The Morgan fingerprint density at radius 3 is 2.67 bits per heavy atom. The lowest BCUT2D eigenvalue weighted by molar-refractivity contribution is -0.145. The van der Waals surface area contributed by atoms with Crippen LogP contribution < -0.4 is 10.6 Å². The van der Waals surface area contributed by atoms with E-state index < -0.39 is 59.3 Å². The summed E-state index contributed by atoms with van der Waals surface area (Å²) < 4.78 is 25.4. The van der Waals surface area contributed by atoms with Crippen LogP contribution in [0.5, 0.6) is 0 Å². The van der Waals surface area contributed by atoms with Crippen molar-refractivity contribution >= 4 is 30.0 Å². The molecule has 0 unspecified atom stereocenters. The van der Waals surface area contributed by atoms with Crippen molar-refractivity contribution < 1.29 is 42.9 Å². The van der Waals surface area contributed by atoms with E-state index in [1.54, 1.807) is 32.9 Å². The molecule has 3 heterocycles. The standard InChI is InChI=1S/C33H43FN4O8/c1-32(2,3)46-30(43)35-25-13-8-6-4-5-7-11-21-17-33(21,29(41)42)36-27(39)26-16-22(19-38(26)28(25)40)45-31(44)37-15-14-23-20(18-37)10-9-12-24(23)34/h7,9-12,21-22,25-26H,4-6,8,13-19H2,1-3H3,(H,35,43)(H,36,39)(H,41,42)/b11-7+/t21-,22-,25+,26+,33-/m1/s1. The Hall–Kier alpha value is -4.16. The molecule has 4 amide bonds. The number of fused-ring (bicyclic) bond motifs is 3. The number of nitrogens with one attached hydrogen (secondary N) is 2. The molecule has 4 aliphatic rings. The van der Waals surface area contributed by atoms with Crippen LogP contribution in [0.4, 0.5) is 14.0 Å². The van der Waals surface area contributed by atoms with Crippen LogP contribution >= 0.6 is 0 Å². The molecule has 0 aromatic heterocycles. The summed E-state index contributed by atoms with van der Waals surface area (Å²) in [6, 6.07) is 2.56. The lowest BCUT2D eigenvalue weighted by atomic mass is 9.99. The van der Waals surface area contributed by atoms with Crippen molar-refractivity contribution in [2.24, 2.45) is 5.92 Å². The summed E-state index contributed by atoms with van der Waals surface area (Å²) in [5, 5.41) is 15.4. The quantitative estimate of drug-likeness (QED) is 0.422. The second-order valence-corrected chi connectivity index (χ2v) is 13.6. The zero-order valence-electron chi connectivity index (χ0n) is 26.6. The number of ether oxygens (including phenoxy) is 2. The average molecular weight is 643 g/mol. The SMILES string of the molecule is CC(C)(C)OC(=O)N[C@H]1CCCCC/C=C/[C@@H]2C[C@@]2(C(=O)O)NC(=O)[C@@H]2C[C@@H](OC(=O)N3CCc4c(F)cccc4C3)CN2C1=O. The summed E-state index contributed by atoms with van der Waals surface area (Å²) in [4.78, 5) is 68.9. The fraction of sp³-hybridized carbons (Fsp3) is 0.606. The van der Waals surface area contributed by atoms with Gasteiger partial charge >= 0.3 is 18.2 Å². The molecule has 1 aromatic rings. The highest BCUT2D eigenvalue weighted by atomic mass is 19.1. The smallest absolute Gasteiger partial charge is 0.410 e. The molecule has 5 atom stereocenters. The molecule has 5 rings (SSSR count). The van der Waals surface area contributed by atoms with Gasteiger partial charge in [0.2, 0.25) is 11.8 Å². The normalized spacial score (nSPS) is 29.1. The Labute approximate surface area is 267 Å². The molecule has 0 spiro atoms. The number of carbonyl (C=O) groups excluding carboxylic acids is 4. The van der Waals surface area contributed by atoms with Crippen LogP contribution in [0.3, 0.4) is 0 Å². The van der Waals surface area contributed by atoms with Crippen molar-refractivity contribution in [2.45, 2.75) is 108 Å². The molecule has 1 aliphatic carbocycles. The van der Waals surface area contributed by atoms with Crippen molar-refractivity contribution in [3.8, 4) is 0 Å². The molecule has 1 saturated carbocycles. The third kappa shape index (κ3) is 7.45. The first-order valence-corrected chi connectivity index (χ1v) is 16.0. The molecule has 46 heavy (non-hydrogen) atoms. The highest BCUT2D eigenvalue weighted by Crippen LogP contribution is 2.45. The summed E-state index contributed by atoms with van der Waals surface area (Å²) in [5.41, 5.74) is -1.05. The molecule has 1 saturated heterocycles. The number of hydrogen-bond acceptors (Lipinski definition) is 7. The van der Waals surface area contributed by atoms with Gasteiger partial charge in [-0.25, -0.2) is 18.8 Å². The van der Waals surface area contributed by atoms with Gasteiger partial charge in [-0.05, 0) is 70.1 Å². The highest BCUT2D eigenvalue weighted by Gasteiger charge is 2.61. The number of allylic oxidation sites excluding steroid dienone is 1. The molecule has 0 radical (unpaired) electrons. The largest absolute Gasteiger partial charge is 0.479 e. The Kier molecular flexibility index (Phi) is 9.59. The Balaban J connectivity index is 1.37. The van der Waals surface area contributed by atoms with Crippen LogP contribution in [0.15, 0.2) is 30.4 Å². The second-order valence-electron chi connectivity index (χ2n) is 13.6. The number of carboxylic acids is 1. The van der Waals surface area contributed by atoms with Crippen molar-refractivity contribution in [2.75, 3.05) is 13.1 Å². The van der Waals surface area contributed by atoms with Gasteiger partial charge in [-0.2, -0.15) is 0 Å². The molecule has 13 heteroatoms. The summed E-state index contributed by atoms with van der Waals surface area (Å²) in [6.45, 7) is 5.39. The van der Waals surface area contributed by atoms with Crippen molar-refractivity contribution in [3.05, 3.63) is 47.3 Å². The number of benzene rings is 1.